The quantitative estimate of drug-likeness (QED) is 0.308. The van der Waals surface area contributed by atoms with E-state index in [0.717, 1.165) is 12.1 Å². The Hall–Kier alpha value is -2.13. The molecule has 0 atom stereocenters. The van der Waals surface area contributed by atoms with Gasteiger partial charge in [-0.15, -0.1) is 0 Å². The maximum Gasteiger partial charge on any atom is 0.293 e. The van der Waals surface area contributed by atoms with Gasteiger partial charge in [0, 0.05) is 12.1 Å². The second-order valence-electron chi connectivity index (χ2n) is 2.61. The van der Waals surface area contributed by atoms with E-state index in [9.17, 15) is 14.5 Å². The standard InChI is InChI=1S/C9H7FN2O3/c10-7-5-8(11)9(12(14)15)4-6(7)2-1-3-13/h4-5,13H,3,11H2. The van der Waals surface area contributed by atoms with Crippen LogP contribution >= 0.6 is 0 Å². The van der Waals surface area contributed by atoms with E-state index in [0.29, 0.717) is 0 Å². The molecule has 0 aliphatic carbocycles. The van der Waals surface area contributed by atoms with Crippen molar-refractivity contribution in [2.45, 2.75) is 0 Å². The average molecular weight is 210 g/mol. The molecule has 1 aromatic rings. The Bertz CT molecular complexity index is 462. The Balaban J connectivity index is 3.29. The van der Waals surface area contributed by atoms with Gasteiger partial charge in [-0.3, -0.25) is 10.1 Å². The van der Waals surface area contributed by atoms with Crippen molar-refractivity contribution in [2.75, 3.05) is 12.3 Å². The van der Waals surface area contributed by atoms with Crippen LogP contribution in [0.4, 0.5) is 15.8 Å². The van der Waals surface area contributed by atoms with Gasteiger partial charge in [0.2, 0.25) is 0 Å². The Morgan fingerprint density at radius 3 is 2.80 bits per heavy atom. The third-order valence-electron chi connectivity index (χ3n) is 1.62. The number of nitrogen functional groups attached to an aromatic ring is 1. The Kier molecular flexibility index (Phi) is 3.21. The van der Waals surface area contributed by atoms with Crippen LogP contribution in [0.15, 0.2) is 12.1 Å². The molecule has 6 heteroatoms. The predicted octanol–water partition coefficient (Wildman–Crippen LogP) is 0.660. The van der Waals surface area contributed by atoms with Gasteiger partial charge in [0.05, 0.1) is 10.5 Å². The van der Waals surface area contributed by atoms with Gasteiger partial charge in [-0.1, -0.05) is 11.8 Å². The van der Waals surface area contributed by atoms with E-state index in [1.165, 1.54) is 0 Å². The van der Waals surface area contributed by atoms with Crippen LogP contribution in [0.2, 0.25) is 0 Å². The lowest BCUT2D eigenvalue weighted by Gasteiger charge is -1.99. The van der Waals surface area contributed by atoms with E-state index < -0.39 is 23.0 Å². The summed E-state index contributed by atoms with van der Waals surface area (Å²) in [5.74, 6) is 3.69. The van der Waals surface area contributed by atoms with Gasteiger partial charge in [0.1, 0.15) is 18.1 Å². The van der Waals surface area contributed by atoms with Crippen LogP contribution in [-0.4, -0.2) is 16.6 Å². The molecule has 0 saturated heterocycles. The van der Waals surface area contributed by atoms with Gasteiger partial charge in [-0.2, -0.15) is 0 Å². The van der Waals surface area contributed by atoms with Crippen molar-refractivity contribution < 1.29 is 14.4 Å². The summed E-state index contributed by atoms with van der Waals surface area (Å²) >= 11 is 0. The van der Waals surface area contributed by atoms with E-state index in [4.69, 9.17) is 10.8 Å². The number of aliphatic hydroxyl groups excluding tert-OH is 1. The second-order valence-corrected chi connectivity index (χ2v) is 2.61. The molecule has 0 aliphatic heterocycles. The highest BCUT2D eigenvalue weighted by Crippen LogP contribution is 2.24. The number of nitrogens with zero attached hydrogens (tertiary/aromatic N) is 1. The molecule has 0 amide bonds. The van der Waals surface area contributed by atoms with Crippen LogP contribution < -0.4 is 5.73 Å². The summed E-state index contributed by atoms with van der Waals surface area (Å²) in [5, 5.41) is 18.9. The number of rotatable bonds is 1. The van der Waals surface area contributed by atoms with Crippen LogP contribution in [0, 0.1) is 27.8 Å². The third kappa shape index (κ3) is 2.42. The van der Waals surface area contributed by atoms with Crippen molar-refractivity contribution in [3.05, 3.63) is 33.6 Å². The highest BCUT2D eigenvalue weighted by Gasteiger charge is 2.14. The average Bonchev–Trinajstić information content (AvgIpc) is 2.16. The fraction of sp³-hybridized carbons (Fsp3) is 0.111. The number of aliphatic hydroxyl groups is 1. The Labute approximate surface area is 84.5 Å². The van der Waals surface area contributed by atoms with E-state index in [-0.39, 0.29) is 11.3 Å². The first-order valence-electron chi connectivity index (χ1n) is 3.89. The molecule has 15 heavy (non-hydrogen) atoms. The zero-order chi connectivity index (χ0) is 11.4. The first-order valence-corrected chi connectivity index (χ1v) is 3.89. The molecule has 1 aromatic carbocycles. The van der Waals surface area contributed by atoms with Gasteiger partial charge in [-0.05, 0) is 0 Å². The molecule has 3 N–H and O–H groups in total. The number of hydrogen-bond donors (Lipinski definition) is 2. The summed E-state index contributed by atoms with van der Waals surface area (Å²) in [4.78, 5) is 9.74. The smallest absolute Gasteiger partial charge is 0.293 e. The molecule has 0 aromatic heterocycles. The molecular weight excluding hydrogens is 203 g/mol. The fourth-order valence-corrected chi connectivity index (χ4v) is 0.966. The molecular formula is C9H7FN2O3. The molecule has 0 saturated carbocycles. The topological polar surface area (TPSA) is 89.4 Å². The lowest BCUT2D eigenvalue weighted by Crippen LogP contribution is -1.98. The molecule has 0 aliphatic rings. The molecule has 1 rings (SSSR count). The van der Waals surface area contributed by atoms with Crippen molar-refractivity contribution in [3.8, 4) is 11.8 Å². The highest BCUT2D eigenvalue weighted by atomic mass is 19.1. The van der Waals surface area contributed by atoms with E-state index in [1.54, 1.807) is 0 Å². The van der Waals surface area contributed by atoms with E-state index in [2.05, 4.69) is 11.8 Å². The normalized spacial score (nSPS) is 9.20. The number of benzene rings is 1. The molecule has 0 unspecified atom stereocenters. The maximum absolute atomic E-state index is 13.1. The molecule has 0 bridgehead atoms. The van der Waals surface area contributed by atoms with E-state index in [1.807, 2.05) is 0 Å². The van der Waals surface area contributed by atoms with Crippen molar-refractivity contribution >= 4 is 11.4 Å². The minimum atomic E-state index is -0.751. The summed E-state index contributed by atoms with van der Waals surface area (Å²) in [5.41, 5.74) is 4.42. The van der Waals surface area contributed by atoms with Crippen molar-refractivity contribution in [2.24, 2.45) is 0 Å². The van der Waals surface area contributed by atoms with Crippen LogP contribution in [0.5, 0.6) is 0 Å². The summed E-state index contributed by atoms with van der Waals surface area (Å²) in [6.07, 6.45) is 0. The second kappa shape index (κ2) is 4.39. The van der Waals surface area contributed by atoms with Gasteiger partial charge in [0.15, 0.2) is 0 Å². The SMILES string of the molecule is Nc1cc(F)c(C#CCO)cc1[N+](=O)[O-]. The molecule has 0 fully saturated rings. The van der Waals surface area contributed by atoms with Gasteiger partial charge < -0.3 is 10.8 Å². The minimum absolute atomic E-state index is 0.162. The Morgan fingerprint density at radius 2 is 2.27 bits per heavy atom. The zero-order valence-electron chi connectivity index (χ0n) is 7.53. The summed E-state index contributed by atoms with van der Waals surface area (Å²) in [7, 11) is 0. The first kappa shape index (κ1) is 10.9. The number of hydrogen-bond acceptors (Lipinski definition) is 4. The lowest BCUT2D eigenvalue weighted by atomic mass is 10.1. The molecule has 0 heterocycles. The van der Waals surface area contributed by atoms with Crippen LogP contribution in [0.1, 0.15) is 5.56 Å². The van der Waals surface area contributed by atoms with Crippen molar-refractivity contribution in [3.63, 3.8) is 0 Å². The predicted molar refractivity (Wildman–Crippen MR) is 51.4 cm³/mol. The summed E-state index contributed by atoms with van der Waals surface area (Å²) in [6, 6.07) is 1.77. The van der Waals surface area contributed by atoms with Crippen LogP contribution in [0.3, 0.4) is 0 Å². The molecule has 5 nitrogen and oxygen atoms in total. The van der Waals surface area contributed by atoms with Crippen LogP contribution in [-0.2, 0) is 0 Å². The number of anilines is 1. The number of nitrogens with two attached hydrogens (primary N) is 1. The highest BCUT2D eigenvalue weighted by molar-refractivity contribution is 5.61. The van der Waals surface area contributed by atoms with Gasteiger partial charge >= 0.3 is 0 Å². The minimum Gasteiger partial charge on any atom is -0.393 e. The largest absolute Gasteiger partial charge is 0.393 e. The molecule has 78 valence electrons. The first-order chi connectivity index (χ1) is 7.06. The summed E-state index contributed by atoms with van der Waals surface area (Å²) < 4.78 is 13.1. The number of halogens is 1. The van der Waals surface area contributed by atoms with E-state index >= 15 is 0 Å². The third-order valence-corrected chi connectivity index (χ3v) is 1.62. The monoisotopic (exact) mass is 210 g/mol. The van der Waals surface area contributed by atoms with Crippen molar-refractivity contribution in [1.29, 1.82) is 0 Å². The number of nitro groups is 1. The fourth-order valence-electron chi connectivity index (χ4n) is 0.966. The summed E-state index contributed by atoms with van der Waals surface area (Å²) in [6.45, 7) is -0.447. The van der Waals surface area contributed by atoms with Gasteiger partial charge in [0.25, 0.3) is 5.69 Å². The molecule has 0 spiro atoms. The lowest BCUT2D eigenvalue weighted by molar-refractivity contribution is -0.384. The number of nitro benzene ring substituents is 1. The molecule has 0 radical (unpaired) electrons. The maximum atomic E-state index is 13.1. The van der Waals surface area contributed by atoms with Crippen molar-refractivity contribution in [1.82, 2.24) is 0 Å². The Morgan fingerprint density at radius 1 is 1.60 bits per heavy atom. The zero-order valence-corrected chi connectivity index (χ0v) is 7.53. The van der Waals surface area contributed by atoms with Crippen LogP contribution in [0.25, 0.3) is 0 Å². The van der Waals surface area contributed by atoms with Gasteiger partial charge in [-0.25, -0.2) is 4.39 Å².